The molecule has 1 aromatic carbocycles. The summed E-state index contributed by atoms with van der Waals surface area (Å²) in [5.41, 5.74) is 1.04. The number of pyridine rings is 1. The van der Waals surface area contributed by atoms with E-state index in [0.717, 1.165) is 30.9 Å². The van der Waals surface area contributed by atoms with Gasteiger partial charge in [0, 0.05) is 41.5 Å². The van der Waals surface area contributed by atoms with Crippen LogP contribution in [0.1, 0.15) is 35.2 Å². The summed E-state index contributed by atoms with van der Waals surface area (Å²) in [6, 6.07) is 11.4. The Morgan fingerprint density at radius 3 is 2.76 bits per heavy atom. The fourth-order valence-electron chi connectivity index (χ4n) is 3.50. The first kappa shape index (κ1) is 24.5. The first-order valence-corrected chi connectivity index (χ1v) is 12.1. The maximum atomic E-state index is 14.1. The molecule has 2 aliphatic rings. The van der Waals surface area contributed by atoms with E-state index in [-0.39, 0.29) is 29.3 Å². The number of nitrogens with one attached hydrogen (secondary N) is 2. The monoisotopic (exact) mass is 485 g/mol. The average Bonchev–Trinajstić information content (AvgIpc) is 3.75. The number of carbonyl (C=O) groups is 1. The Bertz CT molecular complexity index is 1040. The van der Waals surface area contributed by atoms with Crippen LogP contribution in [0.25, 0.3) is 0 Å². The van der Waals surface area contributed by atoms with Gasteiger partial charge >= 0.3 is 0 Å². The molecule has 0 radical (unpaired) electrons. The lowest BCUT2D eigenvalue weighted by Crippen LogP contribution is -2.48. The van der Waals surface area contributed by atoms with E-state index in [4.69, 9.17) is 16.3 Å². The van der Waals surface area contributed by atoms with E-state index in [0.29, 0.717) is 25.5 Å². The zero-order valence-corrected chi connectivity index (χ0v) is 19.6. The maximum absolute atomic E-state index is 14.1. The van der Waals surface area contributed by atoms with Crippen LogP contribution in [0.4, 0.5) is 4.39 Å². The molecule has 1 aromatic heterocycles. The molecule has 180 valence electrons. The van der Waals surface area contributed by atoms with Crippen LogP contribution in [0.2, 0.25) is 0 Å². The van der Waals surface area contributed by atoms with Crippen LogP contribution in [-0.2, 0) is 6.42 Å². The lowest BCUT2D eigenvalue weighted by atomic mass is 10.0. The first-order valence-electron chi connectivity index (χ1n) is 11.6. The molecule has 1 heterocycles. The predicted molar refractivity (Wildman–Crippen MR) is 128 cm³/mol. The fraction of sp³-hybridized carbons (Fsp3) is 0.462. The lowest BCUT2D eigenvalue weighted by molar-refractivity contribution is 0.0831. The van der Waals surface area contributed by atoms with Crippen LogP contribution in [0, 0.1) is 29.6 Å². The van der Waals surface area contributed by atoms with E-state index in [1.807, 2.05) is 30.3 Å². The third-order valence-corrected chi connectivity index (χ3v) is 6.38. The summed E-state index contributed by atoms with van der Waals surface area (Å²) in [5.74, 6) is 5.69. The van der Waals surface area contributed by atoms with Gasteiger partial charge in [0.15, 0.2) is 0 Å². The SMILES string of the molecule is O=C(NC(Cc1ccccc1)C(O)CNCC#CC1CC1)c1cc(F)nc(OCC2CC2Cl)c1. The van der Waals surface area contributed by atoms with Crippen molar-refractivity contribution in [3.63, 3.8) is 0 Å². The number of rotatable bonds is 11. The smallest absolute Gasteiger partial charge is 0.251 e. The molecule has 0 bridgehead atoms. The number of ether oxygens (including phenoxy) is 1. The molecule has 0 spiro atoms. The highest BCUT2D eigenvalue weighted by atomic mass is 35.5. The van der Waals surface area contributed by atoms with Gasteiger partial charge in [-0.1, -0.05) is 42.2 Å². The molecule has 0 saturated heterocycles. The molecule has 4 rings (SSSR count). The normalized spacial score (nSPS) is 20.6. The Labute approximate surface area is 204 Å². The van der Waals surface area contributed by atoms with E-state index >= 15 is 0 Å². The van der Waals surface area contributed by atoms with Gasteiger partial charge in [0.25, 0.3) is 5.91 Å². The van der Waals surface area contributed by atoms with Crippen molar-refractivity contribution >= 4 is 17.5 Å². The van der Waals surface area contributed by atoms with E-state index in [9.17, 15) is 14.3 Å². The quantitative estimate of drug-likeness (QED) is 0.197. The molecule has 2 aromatic rings. The Kier molecular flexibility index (Phi) is 8.39. The third kappa shape index (κ3) is 7.69. The predicted octanol–water partition coefficient (Wildman–Crippen LogP) is 2.93. The van der Waals surface area contributed by atoms with Crippen molar-refractivity contribution in [2.24, 2.45) is 11.8 Å². The van der Waals surface area contributed by atoms with E-state index < -0.39 is 24.0 Å². The number of aliphatic hydroxyl groups is 1. The van der Waals surface area contributed by atoms with Gasteiger partial charge < -0.3 is 20.5 Å². The third-order valence-electron chi connectivity index (χ3n) is 5.84. The van der Waals surface area contributed by atoms with Crippen LogP contribution in [0.3, 0.4) is 0 Å². The number of hydrogen-bond acceptors (Lipinski definition) is 5. The minimum atomic E-state index is -0.871. The van der Waals surface area contributed by atoms with Crippen molar-refractivity contribution in [3.05, 3.63) is 59.5 Å². The number of benzene rings is 1. The molecular weight excluding hydrogens is 457 g/mol. The van der Waals surface area contributed by atoms with Crippen molar-refractivity contribution in [1.82, 2.24) is 15.6 Å². The van der Waals surface area contributed by atoms with Gasteiger partial charge in [-0.25, -0.2) is 0 Å². The number of carbonyl (C=O) groups excluding carboxylic acids is 1. The van der Waals surface area contributed by atoms with Crippen LogP contribution in [-0.4, -0.2) is 53.2 Å². The highest BCUT2D eigenvalue weighted by Gasteiger charge is 2.36. The van der Waals surface area contributed by atoms with Crippen molar-refractivity contribution in [3.8, 4) is 17.7 Å². The molecule has 2 aliphatic carbocycles. The summed E-state index contributed by atoms with van der Waals surface area (Å²) in [6.07, 6.45) is 2.72. The van der Waals surface area contributed by atoms with Gasteiger partial charge in [-0.3, -0.25) is 4.79 Å². The highest BCUT2D eigenvalue weighted by Crippen LogP contribution is 2.36. The number of nitrogens with zero attached hydrogens (tertiary/aromatic N) is 1. The zero-order chi connectivity index (χ0) is 23.9. The van der Waals surface area contributed by atoms with Crippen molar-refractivity contribution in [1.29, 1.82) is 0 Å². The van der Waals surface area contributed by atoms with Gasteiger partial charge in [-0.05, 0) is 31.2 Å². The van der Waals surface area contributed by atoms with Crippen LogP contribution in [0.15, 0.2) is 42.5 Å². The highest BCUT2D eigenvalue weighted by molar-refractivity contribution is 6.22. The Morgan fingerprint density at radius 1 is 1.29 bits per heavy atom. The standard InChI is InChI=1S/C26H29ClFN3O3/c27-21-12-20(21)16-34-25-14-19(13-24(28)31-25)26(33)30-22(11-18-5-2-1-3-6-18)23(32)15-29-10-4-7-17-8-9-17/h1-3,5-6,13-14,17,20-23,29,32H,8-12,15-16H2,(H,30,33). The molecule has 4 unspecified atom stereocenters. The van der Waals surface area contributed by atoms with E-state index in [1.54, 1.807) is 0 Å². The van der Waals surface area contributed by atoms with Gasteiger partial charge in [-0.2, -0.15) is 9.37 Å². The van der Waals surface area contributed by atoms with Crippen molar-refractivity contribution in [2.45, 2.75) is 43.2 Å². The number of hydrogen-bond donors (Lipinski definition) is 3. The molecule has 2 fully saturated rings. The Balaban J connectivity index is 1.39. The first-order chi connectivity index (χ1) is 16.5. The minimum absolute atomic E-state index is 0.0389. The zero-order valence-electron chi connectivity index (χ0n) is 18.8. The maximum Gasteiger partial charge on any atom is 0.251 e. The summed E-state index contributed by atoms with van der Waals surface area (Å²) >= 11 is 5.98. The number of amides is 1. The summed E-state index contributed by atoms with van der Waals surface area (Å²) in [6.45, 7) is 1.06. The second kappa shape index (κ2) is 11.7. The average molecular weight is 486 g/mol. The molecule has 0 aliphatic heterocycles. The molecule has 34 heavy (non-hydrogen) atoms. The van der Waals surface area contributed by atoms with Gasteiger partial charge in [-0.15, -0.1) is 11.6 Å². The number of halogens is 2. The van der Waals surface area contributed by atoms with Gasteiger partial charge in [0.05, 0.1) is 25.3 Å². The number of aliphatic hydroxyl groups excluding tert-OH is 1. The van der Waals surface area contributed by atoms with Crippen LogP contribution < -0.4 is 15.4 Å². The van der Waals surface area contributed by atoms with E-state index in [2.05, 4.69) is 27.5 Å². The molecule has 8 heteroatoms. The molecule has 6 nitrogen and oxygen atoms in total. The molecule has 3 N–H and O–H groups in total. The molecule has 4 atom stereocenters. The van der Waals surface area contributed by atoms with Crippen molar-refractivity contribution < 1.29 is 19.0 Å². The molecule has 2 saturated carbocycles. The number of alkyl halides is 1. The van der Waals surface area contributed by atoms with Gasteiger partial charge in [0.1, 0.15) is 0 Å². The lowest BCUT2D eigenvalue weighted by Gasteiger charge is -2.24. The summed E-state index contributed by atoms with van der Waals surface area (Å²) in [4.78, 5) is 16.7. The molecular formula is C26H29ClFN3O3. The summed E-state index contributed by atoms with van der Waals surface area (Å²) in [5, 5.41) is 16.9. The van der Waals surface area contributed by atoms with Crippen LogP contribution >= 0.6 is 11.6 Å². The second-order valence-corrected chi connectivity index (χ2v) is 9.46. The van der Waals surface area contributed by atoms with E-state index in [1.165, 1.54) is 6.07 Å². The summed E-state index contributed by atoms with van der Waals surface area (Å²) < 4.78 is 19.6. The minimum Gasteiger partial charge on any atom is -0.477 e. The number of aromatic nitrogens is 1. The fourth-order valence-corrected chi connectivity index (χ4v) is 3.81. The van der Waals surface area contributed by atoms with Crippen LogP contribution in [0.5, 0.6) is 5.88 Å². The largest absolute Gasteiger partial charge is 0.477 e. The Hall–Kier alpha value is -2.66. The topological polar surface area (TPSA) is 83.5 Å². The molecule has 1 amide bonds. The second-order valence-electron chi connectivity index (χ2n) is 8.90. The van der Waals surface area contributed by atoms with Crippen molar-refractivity contribution in [2.75, 3.05) is 19.7 Å². The summed E-state index contributed by atoms with van der Waals surface area (Å²) in [7, 11) is 0. The Morgan fingerprint density at radius 2 is 2.06 bits per heavy atom. The van der Waals surface area contributed by atoms with Gasteiger partial charge in [0.2, 0.25) is 11.8 Å².